The second-order valence-corrected chi connectivity index (χ2v) is 4.83. The van der Waals surface area contributed by atoms with Gasteiger partial charge in [0.25, 0.3) is 5.56 Å². The summed E-state index contributed by atoms with van der Waals surface area (Å²) in [6.45, 7) is 9.61. The summed E-state index contributed by atoms with van der Waals surface area (Å²) in [7, 11) is 0. The standard InChI is InChI=1S/C17H21N3OS/c1-5-9-13(18-11-7-3)12-20-16(21)14(10-6-2)15(8-4)19-17(20)22/h5-11H,2,12H2,1,3-4H3,(H,19,22)/b9-5-,11-7-,14-10+,15-8+,18-13+. The van der Waals surface area contributed by atoms with E-state index in [4.69, 9.17) is 12.2 Å². The molecule has 5 heteroatoms. The van der Waals surface area contributed by atoms with Gasteiger partial charge in [-0.25, -0.2) is 0 Å². The number of aliphatic imine (C=N–C) groups is 1. The van der Waals surface area contributed by atoms with Crippen LogP contribution in [0.25, 0.3) is 12.2 Å². The van der Waals surface area contributed by atoms with Crippen molar-refractivity contribution in [2.45, 2.75) is 27.3 Å². The van der Waals surface area contributed by atoms with Crippen molar-refractivity contribution in [1.82, 2.24) is 9.55 Å². The summed E-state index contributed by atoms with van der Waals surface area (Å²) in [4.78, 5) is 20.0. The van der Waals surface area contributed by atoms with Crippen LogP contribution in [0, 0.1) is 4.77 Å². The van der Waals surface area contributed by atoms with E-state index in [1.54, 1.807) is 18.4 Å². The molecule has 0 aromatic carbocycles. The average molecular weight is 315 g/mol. The van der Waals surface area contributed by atoms with E-state index >= 15 is 0 Å². The van der Waals surface area contributed by atoms with Gasteiger partial charge in [0.2, 0.25) is 0 Å². The molecule has 4 nitrogen and oxygen atoms in total. The summed E-state index contributed by atoms with van der Waals surface area (Å²) in [5, 5.41) is 1.24. The Balaban J connectivity index is 3.60. The Kier molecular flexibility index (Phi) is 7.19. The number of allylic oxidation sites excluding steroid dienone is 4. The van der Waals surface area contributed by atoms with E-state index in [9.17, 15) is 4.79 Å². The van der Waals surface area contributed by atoms with Crippen LogP contribution in [-0.2, 0) is 6.54 Å². The van der Waals surface area contributed by atoms with Crippen LogP contribution >= 0.6 is 12.2 Å². The van der Waals surface area contributed by atoms with Crippen LogP contribution in [-0.4, -0.2) is 15.3 Å². The predicted octanol–water partition coefficient (Wildman–Crippen LogP) is 2.22. The van der Waals surface area contributed by atoms with Crippen molar-refractivity contribution in [1.29, 1.82) is 0 Å². The minimum Gasteiger partial charge on any atom is -0.332 e. The fourth-order valence-corrected chi connectivity index (χ4v) is 2.17. The molecule has 116 valence electrons. The number of nitrogens with one attached hydrogen (secondary N) is 1. The van der Waals surface area contributed by atoms with E-state index in [0.29, 0.717) is 21.9 Å². The molecule has 0 radical (unpaired) electrons. The minimum atomic E-state index is -0.158. The summed E-state index contributed by atoms with van der Waals surface area (Å²) < 4.78 is 1.87. The van der Waals surface area contributed by atoms with Gasteiger partial charge in [0, 0.05) is 11.5 Å². The van der Waals surface area contributed by atoms with Gasteiger partial charge in [-0.2, -0.15) is 0 Å². The highest BCUT2D eigenvalue weighted by Gasteiger charge is 2.04. The third-order valence-electron chi connectivity index (χ3n) is 2.89. The van der Waals surface area contributed by atoms with Gasteiger partial charge in [-0.15, -0.1) is 0 Å². The first-order chi connectivity index (χ1) is 10.6. The van der Waals surface area contributed by atoms with Crippen molar-refractivity contribution in [3.8, 4) is 0 Å². The number of nitrogens with zero attached hydrogens (tertiary/aromatic N) is 2. The van der Waals surface area contributed by atoms with Crippen molar-refractivity contribution in [2.75, 3.05) is 0 Å². The SMILES string of the molecule is C=C/C=c1/c(=O)n(CC(/C=C\C)=N/C=C\C)c(=S)[nH]/c1=C/C. The summed E-state index contributed by atoms with van der Waals surface area (Å²) >= 11 is 5.30. The zero-order valence-electron chi connectivity index (χ0n) is 13.2. The lowest BCUT2D eigenvalue weighted by Crippen LogP contribution is -2.47. The Morgan fingerprint density at radius 2 is 2.09 bits per heavy atom. The molecular formula is C17H21N3OS. The maximum absolute atomic E-state index is 12.7. The Morgan fingerprint density at radius 1 is 1.36 bits per heavy atom. The van der Waals surface area contributed by atoms with E-state index in [1.807, 2.05) is 45.1 Å². The molecule has 0 saturated heterocycles. The molecule has 1 heterocycles. The Bertz CT molecular complexity index is 851. The topological polar surface area (TPSA) is 50.1 Å². The summed E-state index contributed by atoms with van der Waals surface area (Å²) in [5.74, 6) is 0. The highest BCUT2D eigenvalue weighted by Crippen LogP contribution is 1.91. The van der Waals surface area contributed by atoms with Gasteiger partial charge in [-0.3, -0.25) is 14.4 Å². The van der Waals surface area contributed by atoms with Crippen molar-refractivity contribution < 1.29 is 0 Å². The molecule has 0 aliphatic rings. The zero-order valence-corrected chi connectivity index (χ0v) is 14.0. The summed E-state index contributed by atoms with van der Waals surface area (Å²) in [6.07, 6.45) is 12.3. The average Bonchev–Trinajstić information content (AvgIpc) is 2.51. The predicted molar refractivity (Wildman–Crippen MR) is 97.0 cm³/mol. The van der Waals surface area contributed by atoms with E-state index in [1.165, 1.54) is 4.57 Å². The molecule has 0 aliphatic carbocycles. The number of aromatic amines is 1. The molecule has 1 rings (SSSR count). The fourth-order valence-electron chi connectivity index (χ4n) is 1.91. The third kappa shape index (κ3) is 4.36. The number of hydrogen-bond acceptors (Lipinski definition) is 3. The van der Waals surface area contributed by atoms with Crippen molar-refractivity contribution in [2.24, 2.45) is 4.99 Å². The molecule has 0 unspecified atom stereocenters. The third-order valence-corrected chi connectivity index (χ3v) is 3.22. The molecule has 0 saturated carbocycles. The first-order valence-electron chi connectivity index (χ1n) is 7.01. The second-order valence-electron chi connectivity index (χ2n) is 4.44. The second kappa shape index (κ2) is 8.89. The molecule has 1 N–H and O–H groups in total. The van der Waals surface area contributed by atoms with Crippen LogP contribution in [0.2, 0.25) is 0 Å². The molecule has 0 amide bonds. The lowest BCUT2D eigenvalue weighted by molar-refractivity contribution is 0.746. The Labute approximate surface area is 135 Å². The highest BCUT2D eigenvalue weighted by atomic mass is 32.1. The molecule has 0 spiro atoms. The van der Waals surface area contributed by atoms with Crippen molar-refractivity contribution in [3.63, 3.8) is 0 Å². The lowest BCUT2D eigenvalue weighted by Gasteiger charge is -2.06. The van der Waals surface area contributed by atoms with Crippen LogP contribution in [0.5, 0.6) is 0 Å². The zero-order chi connectivity index (χ0) is 16.5. The van der Waals surface area contributed by atoms with Gasteiger partial charge in [-0.1, -0.05) is 30.9 Å². The van der Waals surface area contributed by atoms with Gasteiger partial charge in [0.1, 0.15) is 0 Å². The number of aromatic nitrogens is 2. The number of rotatable bonds is 5. The van der Waals surface area contributed by atoms with Gasteiger partial charge < -0.3 is 4.98 Å². The van der Waals surface area contributed by atoms with E-state index in [2.05, 4.69) is 16.6 Å². The van der Waals surface area contributed by atoms with E-state index in [-0.39, 0.29) is 5.56 Å². The highest BCUT2D eigenvalue weighted by molar-refractivity contribution is 7.71. The minimum absolute atomic E-state index is 0.158. The van der Waals surface area contributed by atoms with E-state index in [0.717, 1.165) is 5.71 Å². The molecule has 22 heavy (non-hydrogen) atoms. The molecule has 0 aliphatic heterocycles. The van der Waals surface area contributed by atoms with Crippen LogP contribution in [0.1, 0.15) is 20.8 Å². The largest absolute Gasteiger partial charge is 0.332 e. The van der Waals surface area contributed by atoms with Gasteiger partial charge in [-0.05, 0) is 45.1 Å². The molecule has 1 aromatic rings. The number of hydrogen-bond donors (Lipinski definition) is 1. The monoisotopic (exact) mass is 315 g/mol. The van der Waals surface area contributed by atoms with Crippen LogP contribution in [0.15, 0.2) is 46.9 Å². The lowest BCUT2D eigenvalue weighted by atomic mass is 10.3. The van der Waals surface area contributed by atoms with Gasteiger partial charge in [0.15, 0.2) is 4.77 Å². The van der Waals surface area contributed by atoms with Crippen LogP contribution in [0.4, 0.5) is 0 Å². The van der Waals surface area contributed by atoms with Gasteiger partial charge in [0.05, 0.1) is 17.5 Å². The maximum atomic E-state index is 12.7. The van der Waals surface area contributed by atoms with Gasteiger partial charge >= 0.3 is 0 Å². The summed E-state index contributed by atoms with van der Waals surface area (Å²) in [6, 6.07) is 0. The molecule has 0 bridgehead atoms. The van der Waals surface area contributed by atoms with Crippen LogP contribution < -0.4 is 16.1 Å². The maximum Gasteiger partial charge on any atom is 0.262 e. The fraction of sp³-hybridized carbons (Fsp3) is 0.235. The molecule has 0 fully saturated rings. The quantitative estimate of drug-likeness (QED) is 0.669. The molecular weight excluding hydrogens is 294 g/mol. The molecule has 1 aromatic heterocycles. The Morgan fingerprint density at radius 3 is 2.64 bits per heavy atom. The number of H-pyrrole nitrogens is 1. The Hall–Kier alpha value is -2.27. The van der Waals surface area contributed by atoms with E-state index < -0.39 is 0 Å². The van der Waals surface area contributed by atoms with Crippen molar-refractivity contribution in [3.05, 3.63) is 62.8 Å². The first kappa shape index (κ1) is 17.8. The summed E-state index contributed by atoms with van der Waals surface area (Å²) in [5.41, 5.74) is 0.592. The van der Waals surface area contributed by atoms with Crippen LogP contribution in [0.3, 0.4) is 0 Å². The normalized spacial score (nSPS) is 14.4. The molecule has 0 atom stereocenters. The smallest absolute Gasteiger partial charge is 0.262 e. The van der Waals surface area contributed by atoms with Crippen molar-refractivity contribution >= 4 is 30.1 Å². The first-order valence-corrected chi connectivity index (χ1v) is 7.42.